The van der Waals surface area contributed by atoms with Crippen molar-refractivity contribution in [3.8, 4) is 17.2 Å². The molecule has 11 heteroatoms. The van der Waals surface area contributed by atoms with Gasteiger partial charge in [0.25, 0.3) is 5.91 Å². The lowest BCUT2D eigenvalue weighted by Gasteiger charge is -2.15. The van der Waals surface area contributed by atoms with E-state index in [1.165, 1.54) is 13.3 Å². The van der Waals surface area contributed by atoms with Crippen LogP contribution in [0.4, 0.5) is 11.4 Å². The Bertz CT molecular complexity index is 1350. The zero-order valence-corrected chi connectivity index (χ0v) is 24.1. The molecular weight excluding hydrogens is 615 g/mol. The highest BCUT2D eigenvalue weighted by atomic mass is 127. The average Bonchev–Trinajstić information content (AvgIpc) is 2.88. The van der Waals surface area contributed by atoms with Crippen LogP contribution >= 0.6 is 22.6 Å². The van der Waals surface area contributed by atoms with Gasteiger partial charge < -0.3 is 24.8 Å². The summed E-state index contributed by atoms with van der Waals surface area (Å²) in [7, 11) is 1.53. The Morgan fingerprint density at radius 1 is 0.897 bits per heavy atom. The molecule has 204 valence electrons. The number of benzene rings is 3. The third-order valence-corrected chi connectivity index (χ3v) is 5.92. The topological polar surface area (TPSA) is 127 Å². The van der Waals surface area contributed by atoms with Crippen LogP contribution in [-0.4, -0.2) is 44.3 Å². The number of hydrogen-bond acceptors (Lipinski definition) is 7. The second-order valence-corrected chi connectivity index (χ2v) is 9.52. The van der Waals surface area contributed by atoms with Gasteiger partial charge in [-0.3, -0.25) is 14.4 Å². The molecule has 3 amide bonds. The molecule has 0 heterocycles. The predicted molar refractivity (Wildman–Crippen MR) is 158 cm³/mol. The third-order valence-electron chi connectivity index (χ3n) is 5.12. The number of amides is 3. The normalized spacial score (nSPS) is 10.6. The van der Waals surface area contributed by atoms with E-state index in [1.54, 1.807) is 36.4 Å². The van der Waals surface area contributed by atoms with Gasteiger partial charge in [-0.05, 0) is 109 Å². The number of halogens is 1. The summed E-state index contributed by atoms with van der Waals surface area (Å²) >= 11 is 2.06. The lowest BCUT2D eigenvalue weighted by Crippen LogP contribution is -2.32. The Kier molecular flexibility index (Phi) is 10.7. The van der Waals surface area contributed by atoms with Crippen LogP contribution in [0.15, 0.2) is 59.7 Å². The van der Waals surface area contributed by atoms with Crippen molar-refractivity contribution in [2.45, 2.75) is 20.8 Å². The summed E-state index contributed by atoms with van der Waals surface area (Å²) in [4.78, 5) is 36.7. The minimum absolute atomic E-state index is 0.212. The Labute approximate surface area is 240 Å². The number of nitrogens with one attached hydrogen (secondary N) is 3. The van der Waals surface area contributed by atoms with E-state index in [4.69, 9.17) is 14.2 Å². The van der Waals surface area contributed by atoms with Gasteiger partial charge >= 0.3 is 11.8 Å². The highest BCUT2D eigenvalue weighted by Gasteiger charge is 2.15. The first kappa shape index (κ1) is 29.4. The fourth-order valence-corrected chi connectivity index (χ4v) is 4.31. The molecule has 0 spiro atoms. The molecule has 0 saturated carbocycles. The molecule has 0 saturated heterocycles. The van der Waals surface area contributed by atoms with Crippen molar-refractivity contribution in [3.63, 3.8) is 0 Å². The maximum atomic E-state index is 12.5. The third kappa shape index (κ3) is 8.99. The molecule has 3 N–H and O–H groups in total. The first-order chi connectivity index (χ1) is 18.7. The van der Waals surface area contributed by atoms with Gasteiger partial charge in [0.1, 0.15) is 5.75 Å². The summed E-state index contributed by atoms with van der Waals surface area (Å²) in [6.07, 6.45) is 1.37. The van der Waals surface area contributed by atoms with E-state index < -0.39 is 11.8 Å². The van der Waals surface area contributed by atoms with Crippen molar-refractivity contribution in [1.82, 2.24) is 5.43 Å². The Balaban J connectivity index is 1.60. The monoisotopic (exact) mass is 644 g/mol. The molecule has 10 nitrogen and oxygen atoms in total. The number of methoxy groups -OCH3 is 1. The summed E-state index contributed by atoms with van der Waals surface area (Å²) in [5.74, 6) is -0.664. The van der Waals surface area contributed by atoms with Crippen LogP contribution in [0.25, 0.3) is 0 Å². The number of rotatable bonds is 10. The first-order valence-corrected chi connectivity index (χ1v) is 13.0. The second-order valence-electron chi connectivity index (χ2n) is 8.36. The molecule has 0 aliphatic rings. The van der Waals surface area contributed by atoms with Gasteiger partial charge in [0.2, 0.25) is 0 Å². The zero-order valence-electron chi connectivity index (χ0n) is 22.0. The molecule has 0 atom stereocenters. The minimum atomic E-state index is -0.934. The number of ether oxygens (including phenoxy) is 3. The fourth-order valence-electron chi connectivity index (χ4n) is 3.53. The lowest BCUT2D eigenvalue weighted by atomic mass is 10.1. The second kappa shape index (κ2) is 14.1. The van der Waals surface area contributed by atoms with E-state index in [0.717, 1.165) is 11.1 Å². The summed E-state index contributed by atoms with van der Waals surface area (Å²) in [6, 6.07) is 15.7. The van der Waals surface area contributed by atoms with Crippen LogP contribution in [0.5, 0.6) is 17.2 Å². The van der Waals surface area contributed by atoms with Gasteiger partial charge in [0.05, 0.1) is 23.5 Å². The number of hydrazone groups is 1. The van der Waals surface area contributed by atoms with Crippen LogP contribution in [0.1, 0.15) is 23.6 Å². The highest BCUT2D eigenvalue weighted by Crippen LogP contribution is 2.34. The Morgan fingerprint density at radius 2 is 1.59 bits per heavy atom. The maximum absolute atomic E-state index is 12.5. The SMILES string of the molecule is CCOc1cc(/C=N\NC(=O)C(=O)Nc2ccc(OC)cc2)cc(I)c1OCC(=O)Nc1cc(C)cc(C)c1. The maximum Gasteiger partial charge on any atom is 0.329 e. The zero-order chi connectivity index (χ0) is 28.4. The summed E-state index contributed by atoms with van der Waals surface area (Å²) < 4.78 is 17.2. The van der Waals surface area contributed by atoms with Crippen molar-refractivity contribution >= 4 is 57.9 Å². The van der Waals surface area contributed by atoms with E-state index in [-0.39, 0.29) is 12.5 Å². The van der Waals surface area contributed by atoms with Gasteiger partial charge in [-0.15, -0.1) is 0 Å². The summed E-state index contributed by atoms with van der Waals surface area (Å²) in [6.45, 7) is 5.90. The quantitative estimate of drug-likeness (QED) is 0.130. The van der Waals surface area contributed by atoms with Gasteiger partial charge in [-0.2, -0.15) is 5.10 Å². The largest absolute Gasteiger partial charge is 0.497 e. The molecule has 0 bridgehead atoms. The van der Waals surface area contributed by atoms with E-state index in [1.807, 2.05) is 39.0 Å². The van der Waals surface area contributed by atoms with Crippen LogP contribution in [0.2, 0.25) is 0 Å². The number of carbonyl (C=O) groups is 3. The molecule has 3 rings (SSSR count). The van der Waals surface area contributed by atoms with Crippen molar-refractivity contribution < 1.29 is 28.6 Å². The highest BCUT2D eigenvalue weighted by molar-refractivity contribution is 14.1. The van der Waals surface area contributed by atoms with Gasteiger partial charge in [0.15, 0.2) is 18.1 Å². The van der Waals surface area contributed by atoms with Crippen LogP contribution in [0, 0.1) is 17.4 Å². The predicted octanol–water partition coefficient (Wildman–Crippen LogP) is 4.42. The molecule has 0 aromatic heterocycles. The molecule has 3 aromatic carbocycles. The molecule has 0 aliphatic heterocycles. The van der Waals surface area contributed by atoms with E-state index >= 15 is 0 Å². The van der Waals surface area contributed by atoms with Crippen molar-refractivity contribution in [2.75, 3.05) is 31.0 Å². The Morgan fingerprint density at radius 3 is 2.23 bits per heavy atom. The van der Waals surface area contributed by atoms with Crippen LogP contribution < -0.4 is 30.3 Å². The molecule has 39 heavy (non-hydrogen) atoms. The van der Waals surface area contributed by atoms with Gasteiger partial charge in [0, 0.05) is 11.4 Å². The Hall–Kier alpha value is -4.13. The summed E-state index contributed by atoms with van der Waals surface area (Å²) in [5, 5.41) is 9.18. The standard InChI is InChI=1S/C28H29IN4O6/c1-5-38-24-14-19(15-30-33-28(36)27(35)32-20-6-8-22(37-4)9-7-20)13-23(29)26(24)39-16-25(34)31-21-11-17(2)10-18(3)12-21/h6-15H,5,16H2,1-4H3,(H,31,34)(H,32,35)(H,33,36)/b30-15-. The van der Waals surface area contributed by atoms with Gasteiger partial charge in [-0.25, -0.2) is 5.43 Å². The number of aryl methyl sites for hydroxylation is 2. The van der Waals surface area contributed by atoms with Gasteiger partial charge in [-0.1, -0.05) is 6.07 Å². The van der Waals surface area contributed by atoms with Crippen LogP contribution in [0.3, 0.4) is 0 Å². The molecule has 0 radical (unpaired) electrons. The number of anilines is 2. The number of nitrogens with zero attached hydrogens (tertiary/aromatic N) is 1. The van der Waals surface area contributed by atoms with E-state index in [0.29, 0.717) is 44.4 Å². The first-order valence-electron chi connectivity index (χ1n) is 11.9. The molecule has 0 fully saturated rings. The fraction of sp³-hybridized carbons (Fsp3) is 0.214. The average molecular weight is 644 g/mol. The smallest absolute Gasteiger partial charge is 0.329 e. The minimum Gasteiger partial charge on any atom is -0.497 e. The van der Waals surface area contributed by atoms with E-state index in [9.17, 15) is 14.4 Å². The van der Waals surface area contributed by atoms with Crippen molar-refractivity contribution in [1.29, 1.82) is 0 Å². The van der Waals surface area contributed by atoms with E-state index in [2.05, 4.69) is 43.8 Å². The van der Waals surface area contributed by atoms with Crippen LogP contribution in [-0.2, 0) is 14.4 Å². The molecule has 0 aliphatic carbocycles. The lowest BCUT2D eigenvalue weighted by molar-refractivity contribution is -0.136. The molecule has 0 unspecified atom stereocenters. The summed E-state index contributed by atoms with van der Waals surface area (Å²) in [5.41, 5.74) is 6.02. The molecule has 3 aromatic rings. The number of carbonyl (C=O) groups excluding carboxylic acids is 3. The van der Waals surface area contributed by atoms with Crippen molar-refractivity contribution in [3.05, 3.63) is 74.9 Å². The van der Waals surface area contributed by atoms with Crippen molar-refractivity contribution in [2.24, 2.45) is 5.10 Å². The number of hydrogen-bond donors (Lipinski definition) is 3. The molecular formula is C28H29IN4O6.